The first-order valence-corrected chi connectivity index (χ1v) is 10.9. The fraction of sp³-hybridized carbons (Fsp3) is 0.115. The minimum atomic E-state index is -1.11. The number of hydrogen-bond acceptors (Lipinski definition) is 6. The summed E-state index contributed by atoms with van der Waals surface area (Å²) in [5, 5.41) is 2.84. The van der Waals surface area contributed by atoms with Crippen molar-refractivity contribution in [2.45, 2.75) is 6.17 Å². The highest BCUT2D eigenvalue weighted by Gasteiger charge is 2.29. The van der Waals surface area contributed by atoms with Crippen LogP contribution in [0.3, 0.4) is 0 Å². The molecule has 1 N–H and O–H groups in total. The zero-order valence-corrected chi connectivity index (χ0v) is 19.0. The molecule has 3 aromatic carbocycles. The fourth-order valence-electron chi connectivity index (χ4n) is 3.98. The molecule has 35 heavy (non-hydrogen) atoms. The van der Waals surface area contributed by atoms with Crippen molar-refractivity contribution in [2.75, 3.05) is 7.11 Å². The Hall–Kier alpha value is -4.79. The average molecular weight is 467 g/mol. The van der Waals surface area contributed by atoms with E-state index in [2.05, 4.69) is 10.3 Å². The van der Waals surface area contributed by atoms with Gasteiger partial charge in [-0.05, 0) is 24.3 Å². The number of carbonyl (C=O) groups is 1. The van der Waals surface area contributed by atoms with Crippen LogP contribution >= 0.6 is 0 Å². The first kappa shape index (κ1) is 22.0. The highest BCUT2D eigenvalue weighted by Crippen LogP contribution is 2.27. The molecule has 0 aliphatic carbocycles. The summed E-state index contributed by atoms with van der Waals surface area (Å²) in [7, 11) is 2.87. The Bertz CT molecular complexity index is 1590. The zero-order chi connectivity index (χ0) is 24.5. The maximum Gasteiger partial charge on any atom is 0.353 e. The number of nitrogens with zero attached hydrogens (tertiary/aromatic N) is 4. The molecule has 1 aliphatic rings. The molecular formula is C26H21N5O4. The number of nitrogens with one attached hydrogen (secondary N) is 1. The molecule has 9 heteroatoms. The van der Waals surface area contributed by atoms with Gasteiger partial charge in [0.1, 0.15) is 5.75 Å². The number of hydrogen-bond donors (Lipinski definition) is 1. The van der Waals surface area contributed by atoms with Gasteiger partial charge in [0.2, 0.25) is 0 Å². The fourth-order valence-corrected chi connectivity index (χ4v) is 3.98. The van der Waals surface area contributed by atoms with E-state index in [1.807, 2.05) is 42.5 Å². The molecule has 9 nitrogen and oxygen atoms in total. The molecule has 0 spiro atoms. The number of para-hydroxylation sites is 1. The van der Waals surface area contributed by atoms with Crippen LogP contribution in [0.5, 0.6) is 5.75 Å². The van der Waals surface area contributed by atoms with Gasteiger partial charge >= 0.3 is 11.4 Å². The van der Waals surface area contributed by atoms with Gasteiger partial charge in [0, 0.05) is 23.7 Å². The monoisotopic (exact) mass is 467 g/mol. The van der Waals surface area contributed by atoms with Crippen LogP contribution in [0.2, 0.25) is 0 Å². The molecule has 4 aromatic rings. The van der Waals surface area contributed by atoms with Crippen LogP contribution in [-0.4, -0.2) is 32.8 Å². The maximum atomic E-state index is 13.3. The number of carbonyl (C=O) groups excluding carboxylic acids is 1. The normalized spacial score (nSPS) is 14.2. The van der Waals surface area contributed by atoms with E-state index in [4.69, 9.17) is 9.73 Å². The summed E-state index contributed by atoms with van der Waals surface area (Å²) >= 11 is 0. The SMILES string of the molecule is COc1cccc(C(=O)NC2N=C(c3ccccc3)c3ccccc3-n3c2nc(=O)n(C)c3=O)c1. The van der Waals surface area contributed by atoms with Crippen LogP contribution in [0, 0.1) is 0 Å². The van der Waals surface area contributed by atoms with E-state index in [-0.39, 0.29) is 5.82 Å². The van der Waals surface area contributed by atoms with E-state index in [9.17, 15) is 14.4 Å². The van der Waals surface area contributed by atoms with E-state index in [1.54, 1.807) is 36.4 Å². The van der Waals surface area contributed by atoms with Crippen molar-refractivity contribution in [2.24, 2.45) is 12.0 Å². The van der Waals surface area contributed by atoms with Crippen molar-refractivity contribution in [3.05, 3.63) is 122 Å². The first-order valence-electron chi connectivity index (χ1n) is 10.9. The predicted octanol–water partition coefficient (Wildman–Crippen LogP) is 2.22. The summed E-state index contributed by atoms with van der Waals surface area (Å²) in [6.07, 6.45) is -1.11. The molecule has 0 saturated heterocycles. The Balaban J connectivity index is 1.75. The second-order valence-corrected chi connectivity index (χ2v) is 7.90. The number of fused-ring (bicyclic) bond motifs is 3. The predicted molar refractivity (Wildman–Crippen MR) is 130 cm³/mol. The van der Waals surface area contributed by atoms with Crippen LogP contribution < -0.4 is 21.4 Å². The third kappa shape index (κ3) is 3.93. The molecule has 0 saturated carbocycles. The van der Waals surface area contributed by atoms with Crippen molar-refractivity contribution >= 4 is 11.6 Å². The molecular weight excluding hydrogens is 446 g/mol. The number of ether oxygens (including phenoxy) is 1. The highest BCUT2D eigenvalue weighted by molar-refractivity contribution is 6.15. The Morgan fingerprint density at radius 3 is 2.49 bits per heavy atom. The Labute approximate surface area is 200 Å². The summed E-state index contributed by atoms with van der Waals surface area (Å²) in [5.41, 5.74) is 1.53. The van der Waals surface area contributed by atoms with Crippen LogP contribution in [0.15, 0.2) is 93.4 Å². The molecule has 5 rings (SSSR count). The lowest BCUT2D eigenvalue weighted by atomic mass is 10.0. The van der Waals surface area contributed by atoms with Crippen LogP contribution in [0.1, 0.15) is 33.5 Å². The second-order valence-electron chi connectivity index (χ2n) is 7.90. The first-order chi connectivity index (χ1) is 17.0. The van der Waals surface area contributed by atoms with Crippen molar-refractivity contribution < 1.29 is 9.53 Å². The van der Waals surface area contributed by atoms with Gasteiger partial charge < -0.3 is 10.1 Å². The van der Waals surface area contributed by atoms with Gasteiger partial charge in [-0.3, -0.25) is 9.79 Å². The highest BCUT2D eigenvalue weighted by atomic mass is 16.5. The number of benzene rings is 3. The van der Waals surface area contributed by atoms with Crippen LogP contribution in [0.4, 0.5) is 0 Å². The topological polar surface area (TPSA) is 108 Å². The van der Waals surface area contributed by atoms with E-state index < -0.39 is 23.5 Å². The molecule has 2 heterocycles. The molecule has 1 unspecified atom stereocenters. The van der Waals surface area contributed by atoms with Gasteiger partial charge in [-0.15, -0.1) is 0 Å². The summed E-state index contributed by atoms with van der Waals surface area (Å²) in [6, 6.07) is 23.3. The lowest BCUT2D eigenvalue weighted by Crippen LogP contribution is -2.43. The number of rotatable bonds is 4. The quantitative estimate of drug-likeness (QED) is 0.495. The van der Waals surface area contributed by atoms with Gasteiger partial charge in [0.15, 0.2) is 12.0 Å². The molecule has 1 aliphatic heterocycles. The van der Waals surface area contributed by atoms with Gasteiger partial charge in [-0.1, -0.05) is 54.6 Å². The van der Waals surface area contributed by atoms with Gasteiger partial charge in [0.05, 0.1) is 18.5 Å². The zero-order valence-electron chi connectivity index (χ0n) is 19.0. The molecule has 1 amide bonds. The summed E-state index contributed by atoms with van der Waals surface area (Å²) in [6.45, 7) is 0. The molecule has 0 fully saturated rings. The average Bonchev–Trinajstić information content (AvgIpc) is 3.03. The Morgan fingerprint density at radius 2 is 1.71 bits per heavy atom. The van der Waals surface area contributed by atoms with Gasteiger partial charge in [-0.2, -0.15) is 4.98 Å². The van der Waals surface area contributed by atoms with Crippen LogP contribution in [0.25, 0.3) is 5.69 Å². The van der Waals surface area contributed by atoms with E-state index in [1.165, 1.54) is 18.7 Å². The molecule has 0 radical (unpaired) electrons. The summed E-state index contributed by atoms with van der Waals surface area (Å²) in [4.78, 5) is 48.0. The van der Waals surface area contributed by atoms with Crippen molar-refractivity contribution in [3.63, 3.8) is 0 Å². The molecule has 174 valence electrons. The largest absolute Gasteiger partial charge is 0.497 e. The maximum absolute atomic E-state index is 13.3. The van der Waals surface area contributed by atoms with E-state index in [0.29, 0.717) is 28.3 Å². The van der Waals surface area contributed by atoms with Crippen molar-refractivity contribution in [1.29, 1.82) is 0 Å². The molecule has 1 aromatic heterocycles. The minimum absolute atomic E-state index is 0.0210. The van der Waals surface area contributed by atoms with E-state index in [0.717, 1.165) is 10.1 Å². The Morgan fingerprint density at radius 1 is 0.971 bits per heavy atom. The standard InChI is InChI=1S/C26H21N5O4/c1-30-25(33)29-23-22(28-24(32)17-11-8-12-18(15-17)35-2)27-21(16-9-4-3-5-10-16)19-13-6-7-14-20(19)31(23)26(30)34/h3-15,22H,1-2H3,(H,28,32). The number of methoxy groups -OCH3 is 1. The lowest BCUT2D eigenvalue weighted by Gasteiger charge is -2.17. The third-order valence-electron chi connectivity index (χ3n) is 5.75. The van der Waals surface area contributed by atoms with Crippen molar-refractivity contribution in [3.8, 4) is 11.4 Å². The Kier molecular flexibility index (Phi) is 5.58. The summed E-state index contributed by atoms with van der Waals surface area (Å²) in [5.74, 6) is 0.0771. The lowest BCUT2D eigenvalue weighted by molar-refractivity contribution is 0.0935. The smallest absolute Gasteiger partial charge is 0.353 e. The van der Waals surface area contributed by atoms with E-state index >= 15 is 0 Å². The second kappa shape index (κ2) is 8.86. The minimum Gasteiger partial charge on any atom is -0.497 e. The molecule has 1 atom stereocenters. The summed E-state index contributed by atoms with van der Waals surface area (Å²) < 4.78 is 7.48. The van der Waals surface area contributed by atoms with Crippen molar-refractivity contribution in [1.82, 2.24) is 19.4 Å². The molecule has 0 bridgehead atoms. The van der Waals surface area contributed by atoms with Crippen LogP contribution in [-0.2, 0) is 7.05 Å². The number of aromatic nitrogens is 3. The number of amides is 1. The number of aliphatic imine (C=N–C) groups is 1. The van der Waals surface area contributed by atoms with Gasteiger partial charge in [-0.25, -0.2) is 18.7 Å². The third-order valence-corrected chi connectivity index (χ3v) is 5.75. The van der Waals surface area contributed by atoms with Gasteiger partial charge in [0.25, 0.3) is 5.91 Å².